The molecule has 9 heteroatoms. The van der Waals surface area contributed by atoms with Crippen LogP contribution in [0.5, 0.6) is 0 Å². The highest BCUT2D eigenvalue weighted by molar-refractivity contribution is 7.45. The van der Waals surface area contributed by atoms with Crippen LogP contribution in [-0.4, -0.2) is 48.6 Å². The molecule has 0 amide bonds. The Morgan fingerprint density at radius 3 is 1.33 bits per heavy atom. The normalized spacial score (nSPS) is 11.2. The number of aliphatic hydroxyl groups excluding tert-OH is 2. The monoisotopic (exact) mass is 210 g/mol. The molecule has 0 saturated heterocycles. The first-order valence-electron chi connectivity index (χ1n) is 2.34. The summed E-state index contributed by atoms with van der Waals surface area (Å²) in [4.78, 5) is 21.6. The van der Waals surface area contributed by atoms with E-state index >= 15 is 0 Å². The second-order valence-electron chi connectivity index (χ2n) is 1.54. The van der Waals surface area contributed by atoms with Crippen LogP contribution in [-0.2, 0) is 4.57 Å². The van der Waals surface area contributed by atoms with Gasteiger partial charge in [0.2, 0.25) is 0 Å². The van der Waals surface area contributed by atoms with Gasteiger partial charge in [0, 0.05) is 0 Å². The van der Waals surface area contributed by atoms with Crippen molar-refractivity contribution in [2.45, 2.75) is 13.0 Å². The lowest BCUT2D eigenvalue weighted by molar-refractivity contribution is 0.110. The van der Waals surface area contributed by atoms with Crippen molar-refractivity contribution in [2.75, 3.05) is 6.61 Å². The number of phosphoric acid groups is 1. The number of rotatable bonds is 1. The van der Waals surface area contributed by atoms with Crippen LogP contribution in [0.4, 0.5) is 0 Å². The smallest absolute Gasteiger partial charge is 0.412 e. The Kier molecular flexibility index (Phi) is 20.7. The van der Waals surface area contributed by atoms with Gasteiger partial charge < -0.3 is 35.8 Å². The van der Waals surface area contributed by atoms with E-state index in [9.17, 15) is 0 Å². The second-order valence-corrected chi connectivity index (χ2v) is 2.57. The maximum atomic E-state index is 8.88. The van der Waals surface area contributed by atoms with Crippen LogP contribution in [0.2, 0.25) is 0 Å². The first kappa shape index (κ1) is 22.7. The molecule has 80 valence electrons. The van der Waals surface area contributed by atoms with Gasteiger partial charge in [-0.2, -0.15) is 0 Å². The highest BCUT2D eigenvalue weighted by Gasteiger charge is 2.00. The molecule has 0 bridgehead atoms. The van der Waals surface area contributed by atoms with Crippen LogP contribution in [0.3, 0.4) is 0 Å². The second kappa shape index (κ2) is 11.0. The minimum absolute atomic E-state index is 0. The third-order valence-corrected chi connectivity index (χ3v) is 0.264. The topological polar surface area (TPSA) is 181 Å². The Morgan fingerprint density at radius 1 is 1.25 bits per heavy atom. The fourth-order valence-corrected chi connectivity index (χ4v) is 0. The fraction of sp³-hybridized carbons (Fsp3) is 1.00. The largest absolute Gasteiger partial charge is 0.466 e. The maximum absolute atomic E-state index is 8.88. The maximum Gasteiger partial charge on any atom is 0.466 e. The first-order valence-corrected chi connectivity index (χ1v) is 3.91. The molecule has 0 aliphatic rings. The predicted octanol–water partition coefficient (Wildman–Crippen LogP) is -3.22. The molecule has 0 aromatic carbocycles. The number of aliphatic hydroxyl groups is 2. The Hall–Kier alpha value is -0.0500. The summed E-state index contributed by atoms with van der Waals surface area (Å²) in [5, 5.41) is 16.0. The van der Waals surface area contributed by atoms with Gasteiger partial charge in [-0.1, -0.05) is 0 Å². The molecule has 0 heterocycles. The SMILES string of the molecule is CC(O)CO.O.O.O=P(O)(O)O. The minimum atomic E-state index is -4.64. The van der Waals surface area contributed by atoms with Crippen molar-refractivity contribution in [3.05, 3.63) is 0 Å². The van der Waals surface area contributed by atoms with E-state index in [0.717, 1.165) is 0 Å². The quantitative estimate of drug-likeness (QED) is 0.283. The lowest BCUT2D eigenvalue weighted by atomic mass is 10.5. The predicted molar refractivity (Wildman–Crippen MR) is 40.3 cm³/mol. The summed E-state index contributed by atoms with van der Waals surface area (Å²) in [5.74, 6) is 0. The molecule has 0 aromatic heterocycles. The molecule has 0 aromatic rings. The van der Waals surface area contributed by atoms with Crippen LogP contribution >= 0.6 is 7.82 Å². The van der Waals surface area contributed by atoms with Gasteiger partial charge in [0.25, 0.3) is 0 Å². The van der Waals surface area contributed by atoms with Crippen LogP contribution < -0.4 is 0 Å². The first-order chi connectivity index (χ1) is 4.27. The van der Waals surface area contributed by atoms with E-state index in [4.69, 9.17) is 29.5 Å². The fourth-order valence-electron chi connectivity index (χ4n) is 0. The number of hydrogen-bond donors (Lipinski definition) is 5. The third-order valence-electron chi connectivity index (χ3n) is 0.264. The number of hydrogen-bond acceptors (Lipinski definition) is 3. The lowest BCUT2D eigenvalue weighted by Crippen LogP contribution is -2.03. The zero-order valence-electron chi connectivity index (χ0n) is 6.38. The van der Waals surface area contributed by atoms with Crippen molar-refractivity contribution in [1.29, 1.82) is 0 Å². The van der Waals surface area contributed by atoms with Crippen LogP contribution in [0.15, 0.2) is 0 Å². The molecule has 9 N–H and O–H groups in total. The van der Waals surface area contributed by atoms with Gasteiger partial charge in [-0.3, -0.25) is 0 Å². The van der Waals surface area contributed by atoms with Crippen molar-refractivity contribution in [1.82, 2.24) is 0 Å². The molecule has 0 aliphatic heterocycles. The van der Waals surface area contributed by atoms with Gasteiger partial charge in [0.1, 0.15) is 0 Å². The molecular weight excluding hydrogens is 195 g/mol. The van der Waals surface area contributed by atoms with Gasteiger partial charge in [-0.15, -0.1) is 0 Å². The van der Waals surface area contributed by atoms with E-state index < -0.39 is 13.9 Å². The summed E-state index contributed by atoms with van der Waals surface area (Å²) >= 11 is 0. The van der Waals surface area contributed by atoms with E-state index in [1.54, 1.807) is 0 Å². The van der Waals surface area contributed by atoms with E-state index in [2.05, 4.69) is 0 Å². The molecule has 8 nitrogen and oxygen atoms in total. The minimum Gasteiger partial charge on any atom is -0.412 e. The molecule has 12 heavy (non-hydrogen) atoms. The van der Waals surface area contributed by atoms with Gasteiger partial charge in [-0.05, 0) is 6.92 Å². The van der Waals surface area contributed by atoms with Crippen molar-refractivity contribution in [3.8, 4) is 0 Å². The molecule has 1 unspecified atom stereocenters. The summed E-state index contributed by atoms with van der Waals surface area (Å²) in [6.07, 6.45) is -0.560. The van der Waals surface area contributed by atoms with Crippen molar-refractivity contribution < 1.29 is 40.4 Å². The van der Waals surface area contributed by atoms with E-state index in [1.165, 1.54) is 6.92 Å². The highest BCUT2D eigenvalue weighted by Crippen LogP contribution is 2.25. The van der Waals surface area contributed by atoms with Crippen molar-refractivity contribution in [2.24, 2.45) is 0 Å². The molecule has 0 rings (SSSR count). The molecule has 1 atom stereocenters. The summed E-state index contributed by atoms with van der Waals surface area (Å²) < 4.78 is 8.88. The van der Waals surface area contributed by atoms with Crippen molar-refractivity contribution >= 4 is 7.82 Å². The van der Waals surface area contributed by atoms with E-state index in [0.29, 0.717) is 0 Å². The molecule has 0 spiro atoms. The van der Waals surface area contributed by atoms with Crippen LogP contribution in [0.25, 0.3) is 0 Å². The molecule has 0 aliphatic carbocycles. The highest BCUT2D eigenvalue weighted by atomic mass is 31.2. The Labute approximate surface area is 69.0 Å². The molecule has 0 radical (unpaired) electrons. The zero-order chi connectivity index (χ0) is 8.78. The average molecular weight is 210 g/mol. The molecular formula is C3H15O8P. The summed E-state index contributed by atoms with van der Waals surface area (Å²) in [7, 11) is -4.64. The van der Waals surface area contributed by atoms with Gasteiger partial charge in [-0.25, -0.2) is 4.57 Å². The Balaban J connectivity index is -0.0000000457. The molecule has 0 saturated carbocycles. The Bertz CT molecular complexity index is 98.6. The summed E-state index contributed by atoms with van der Waals surface area (Å²) in [5.41, 5.74) is 0. The Morgan fingerprint density at radius 2 is 1.33 bits per heavy atom. The zero-order valence-corrected chi connectivity index (χ0v) is 7.27. The van der Waals surface area contributed by atoms with E-state index in [-0.39, 0.29) is 17.6 Å². The van der Waals surface area contributed by atoms with Crippen LogP contribution in [0.1, 0.15) is 6.92 Å². The standard InChI is InChI=1S/C3H8O2.H3O4P.2H2O/c1-3(5)2-4;1-5(2,3)4;;/h3-5H,2H2,1H3;(H3,1,2,3,4);2*1H2. The third kappa shape index (κ3) is 210. The summed E-state index contributed by atoms with van der Waals surface area (Å²) in [6, 6.07) is 0. The van der Waals surface area contributed by atoms with Crippen LogP contribution in [0, 0.1) is 0 Å². The van der Waals surface area contributed by atoms with E-state index in [1.807, 2.05) is 0 Å². The van der Waals surface area contributed by atoms with Gasteiger partial charge in [0.05, 0.1) is 12.7 Å². The van der Waals surface area contributed by atoms with Crippen molar-refractivity contribution in [3.63, 3.8) is 0 Å². The average Bonchev–Trinajstić information content (AvgIpc) is 1.61. The lowest BCUT2D eigenvalue weighted by Gasteiger charge is -1.90. The molecule has 0 fully saturated rings. The van der Waals surface area contributed by atoms with Gasteiger partial charge >= 0.3 is 7.82 Å². The summed E-state index contributed by atoms with van der Waals surface area (Å²) in [6.45, 7) is 1.39. The van der Waals surface area contributed by atoms with Gasteiger partial charge in [0.15, 0.2) is 0 Å².